The Balaban J connectivity index is 1.62. The number of aryl methyl sites for hydroxylation is 2. The molecule has 130 valence electrons. The third-order valence-corrected chi connectivity index (χ3v) is 5.07. The lowest BCUT2D eigenvalue weighted by atomic mass is 10.1. The van der Waals surface area contributed by atoms with E-state index in [-0.39, 0.29) is 12.5 Å². The summed E-state index contributed by atoms with van der Waals surface area (Å²) in [4.78, 5) is 12.2. The highest BCUT2D eigenvalue weighted by Gasteiger charge is 2.12. The second kappa shape index (κ2) is 7.23. The van der Waals surface area contributed by atoms with Crippen molar-refractivity contribution >= 4 is 27.7 Å². The number of rotatable bonds is 5. The average molecular weight is 402 g/mol. The molecule has 0 saturated heterocycles. The zero-order chi connectivity index (χ0) is 18.0. The molecule has 0 saturated carbocycles. The molecule has 0 aliphatic rings. The molecule has 25 heavy (non-hydrogen) atoms. The number of halogens is 1. The Hall–Kier alpha value is -2.41. The number of nitrogens with one attached hydrogen (secondary N) is 1. The maximum absolute atomic E-state index is 12.2. The molecule has 1 aromatic carbocycles. The molecule has 3 rings (SSSR count). The van der Waals surface area contributed by atoms with Crippen molar-refractivity contribution < 1.29 is 4.79 Å². The topological polar surface area (TPSA) is 64.7 Å². The highest BCUT2D eigenvalue weighted by molar-refractivity contribution is 9.10. The van der Waals surface area contributed by atoms with Gasteiger partial charge in [0.2, 0.25) is 5.91 Å². The summed E-state index contributed by atoms with van der Waals surface area (Å²) in [6.07, 6.45) is 1.86. The first-order valence-electron chi connectivity index (χ1n) is 8.01. The van der Waals surface area contributed by atoms with E-state index in [1.807, 2.05) is 30.8 Å². The number of nitrogens with zero attached hydrogens (tertiary/aromatic N) is 4. The van der Waals surface area contributed by atoms with Crippen LogP contribution < -0.4 is 5.32 Å². The molecule has 2 aromatic heterocycles. The van der Waals surface area contributed by atoms with Crippen molar-refractivity contribution in [2.45, 2.75) is 33.9 Å². The van der Waals surface area contributed by atoms with Gasteiger partial charge in [-0.1, -0.05) is 29.8 Å². The van der Waals surface area contributed by atoms with Gasteiger partial charge in [0.1, 0.15) is 6.54 Å². The van der Waals surface area contributed by atoms with Gasteiger partial charge in [-0.05, 0) is 42.3 Å². The smallest absolute Gasteiger partial charge is 0.247 e. The average Bonchev–Trinajstić information content (AvgIpc) is 3.08. The molecule has 1 N–H and O–H groups in total. The van der Waals surface area contributed by atoms with E-state index in [1.54, 1.807) is 10.7 Å². The predicted molar refractivity (Wildman–Crippen MR) is 101 cm³/mol. The molecule has 3 aromatic rings. The molecular weight excluding hydrogens is 382 g/mol. The summed E-state index contributed by atoms with van der Waals surface area (Å²) in [6, 6.07) is 10.1. The minimum absolute atomic E-state index is 0.154. The Bertz CT molecular complexity index is 912. The molecule has 7 heteroatoms. The summed E-state index contributed by atoms with van der Waals surface area (Å²) in [5.41, 5.74) is 4.19. The van der Waals surface area contributed by atoms with Gasteiger partial charge in [0, 0.05) is 12.3 Å². The number of hydrogen-bond donors (Lipinski definition) is 1. The van der Waals surface area contributed by atoms with Gasteiger partial charge < -0.3 is 5.32 Å². The van der Waals surface area contributed by atoms with Crippen molar-refractivity contribution in [3.8, 4) is 0 Å². The van der Waals surface area contributed by atoms with Crippen LogP contribution in [0.1, 0.15) is 22.5 Å². The first kappa shape index (κ1) is 17.4. The SMILES string of the molecule is Cc1cccc(Cn2ccc(NC(=O)Cn3nc(C)c(Br)c3C)n2)c1. The lowest BCUT2D eigenvalue weighted by Gasteiger charge is -2.05. The van der Waals surface area contributed by atoms with Crippen LogP contribution in [0.2, 0.25) is 0 Å². The monoisotopic (exact) mass is 401 g/mol. The van der Waals surface area contributed by atoms with E-state index in [1.165, 1.54) is 11.1 Å². The number of anilines is 1. The first-order valence-corrected chi connectivity index (χ1v) is 8.80. The zero-order valence-electron chi connectivity index (χ0n) is 14.5. The van der Waals surface area contributed by atoms with E-state index < -0.39 is 0 Å². The van der Waals surface area contributed by atoms with Crippen LogP contribution in [0.25, 0.3) is 0 Å². The number of carbonyl (C=O) groups is 1. The summed E-state index contributed by atoms with van der Waals surface area (Å²) in [5.74, 6) is 0.386. The number of amides is 1. The van der Waals surface area contributed by atoms with Crippen LogP contribution in [-0.2, 0) is 17.9 Å². The minimum atomic E-state index is -0.154. The van der Waals surface area contributed by atoms with Crippen LogP contribution in [0.3, 0.4) is 0 Å². The van der Waals surface area contributed by atoms with Crippen LogP contribution in [-0.4, -0.2) is 25.5 Å². The molecule has 0 aliphatic carbocycles. The number of hydrogen-bond acceptors (Lipinski definition) is 3. The van der Waals surface area contributed by atoms with Gasteiger partial charge in [-0.2, -0.15) is 10.2 Å². The Kier molecular flexibility index (Phi) is 5.03. The third kappa shape index (κ3) is 4.17. The van der Waals surface area contributed by atoms with Crippen LogP contribution in [0.4, 0.5) is 5.82 Å². The summed E-state index contributed by atoms with van der Waals surface area (Å²) in [6.45, 7) is 6.72. The van der Waals surface area contributed by atoms with E-state index in [0.29, 0.717) is 12.4 Å². The quantitative estimate of drug-likeness (QED) is 0.711. The van der Waals surface area contributed by atoms with Crippen molar-refractivity contribution in [1.82, 2.24) is 19.6 Å². The fraction of sp³-hybridized carbons (Fsp3) is 0.278. The van der Waals surface area contributed by atoms with E-state index in [2.05, 4.69) is 56.6 Å². The highest BCUT2D eigenvalue weighted by atomic mass is 79.9. The largest absolute Gasteiger partial charge is 0.308 e. The lowest BCUT2D eigenvalue weighted by molar-refractivity contribution is -0.117. The molecular formula is C18H20BrN5O. The lowest BCUT2D eigenvalue weighted by Crippen LogP contribution is -2.20. The summed E-state index contributed by atoms with van der Waals surface area (Å²) in [5, 5.41) is 11.6. The van der Waals surface area contributed by atoms with Crippen LogP contribution in [0.5, 0.6) is 0 Å². The van der Waals surface area contributed by atoms with Gasteiger partial charge in [0.05, 0.1) is 22.4 Å². The van der Waals surface area contributed by atoms with Gasteiger partial charge in [0.25, 0.3) is 0 Å². The van der Waals surface area contributed by atoms with Crippen molar-refractivity contribution in [3.63, 3.8) is 0 Å². The molecule has 0 atom stereocenters. The fourth-order valence-corrected chi connectivity index (χ4v) is 2.95. The number of aromatic nitrogens is 4. The van der Waals surface area contributed by atoms with Crippen molar-refractivity contribution in [2.75, 3.05) is 5.32 Å². The Morgan fingerprint density at radius 2 is 2.00 bits per heavy atom. The molecule has 1 amide bonds. The molecule has 2 heterocycles. The molecule has 0 bridgehead atoms. The fourth-order valence-electron chi connectivity index (χ4n) is 2.66. The van der Waals surface area contributed by atoms with Crippen LogP contribution in [0.15, 0.2) is 41.0 Å². The molecule has 0 unspecified atom stereocenters. The van der Waals surface area contributed by atoms with E-state index in [9.17, 15) is 4.79 Å². The molecule has 0 radical (unpaired) electrons. The van der Waals surface area contributed by atoms with Crippen molar-refractivity contribution in [3.05, 3.63) is 63.5 Å². The molecule has 0 aliphatic heterocycles. The van der Waals surface area contributed by atoms with Gasteiger partial charge in [-0.15, -0.1) is 0 Å². The first-order chi connectivity index (χ1) is 11.9. The predicted octanol–water partition coefficient (Wildman–Crippen LogP) is 3.45. The second-order valence-electron chi connectivity index (χ2n) is 6.08. The van der Waals surface area contributed by atoms with Crippen LogP contribution >= 0.6 is 15.9 Å². The summed E-state index contributed by atoms with van der Waals surface area (Å²) < 4.78 is 4.42. The standard InChI is InChI=1S/C18H20BrN5O/c1-12-5-4-6-15(9-12)10-23-8-7-16(22-23)20-17(25)11-24-14(3)18(19)13(2)21-24/h4-9H,10-11H2,1-3H3,(H,20,22,25). The molecule has 6 nitrogen and oxygen atoms in total. The van der Waals surface area contributed by atoms with Gasteiger partial charge in [-0.3, -0.25) is 14.2 Å². The van der Waals surface area contributed by atoms with E-state index in [4.69, 9.17) is 0 Å². The normalized spacial score (nSPS) is 10.9. The molecule has 0 spiro atoms. The highest BCUT2D eigenvalue weighted by Crippen LogP contribution is 2.19. The van der Waals surface area contributed by atoms with E-state index in [0.717, 1.165) is 15.9 Å². The summed E-state index contributed by atoms with van der Waals surface area (Å²) in [7, 11) is 0. The van der Waals surface area contributed by atoms with Crippen LogP contribution in [0, 0.1) is 20.8 Å². The maximum atomic E-state index is 12.2. The van der Waals surface area contributed by atoms with Gasteiger partial charge in [0.15, 0.2) is 5.82 Å². The summed E-state index contributed by atoms with van der Waals surface area (Å²) >= 11 is 3.47. The number of carbonyl (C=O) groups excluding carboxylic acids is 1. The van der Waals surface area contributed by atoms with Gasteiger partial charge >= 0.3 is 0 Å². The zero-order valence-corrected chi connectivity index (χ0v) is 16.0. The maximum Gasteiger partial charge on any atom is 0.247 e. The van der Waals surface area contributed by atoms with Crippen molar-refractivity contribution in [2.24, 2.45) is 0 Å². The number of benzene rings is 1. The Morgan fingerprint density at radius 3 is 2.68 bits per heavy atom. The second-order valence-corrected chi connectivity index (χ2v) is 6.87. The Morgan fingerprint density at radius 1 is 1.20 bits per heavy atom. The third-order valence-electron chi connectivity index (χ3n) is 3.92. The van der Waals surface area contributed by atoms with E-state index >= 15 is 0 Å². The van der Waals surface area contributed by atoms with Gasteiger partial charge in [-0.25, -0.2) is 0 Å². The molecule has 0 fully saturated rings. The minimum Gasteiger partial charge on any atom is -0.308 e. The van der Waals surface area contributed by atoms with Crippen molar-refractivity contribution in [1.29, 1.82) is 0 Å². The Labute approximate surface area is 155 Å².